The molecule has 0 aliphatic carbocycles. The third-order valence-electron chi connectivity index (χ3n) is 2.87. The van der Waals surface area contributed by atoms with Crippen molar-refractivity contribution in [3.63, 3.8) is 0 Å². The van der Waals surface area contributed by atoms with E-state index in [-0.39, 0.29) is 5.41 Å². The van der Waals surface area contributed by atoms with Gasteiger partial charge in [0, 0.05) is 5.75 Å². The van der Waals surface area contributed by atoms with Gasteiger partial charge in [-0.05, 0) is 29.0 Å². The van der Waals surface area contributed by atoms with Crippen LogP contribution in [0.1, 0.15) is 38.8 Å². The second kappa shape index (κ2) is 6.89. The van der Waals surface area contributed by atoms with Crippen molar-refractivity contribution in [2.75, 3.05) is 12.4 Å². The highest BCUT2D eigenvalue weighted by Gasteiger charge is 2.19. The smallest absolute Gasteiger partial charge is 0.123 e. The first-order valence-electron chi connectivity index (χ1n) is 6.51. The van der Waals surface area contributed by atoms with E-state index in [1.165, 1.54) is 11.1 Å². The van der Waals surface area contributed by atoms with Gasteiger partial charge >= 0.3 is 0 Å². The third kappa shape index (κ3) is 4.41. The Kier molecular flexibility index (Phi) is 5.80. The van der Waals surface area contributed by atoms with Gasteiger partial charge in [0.05, 0.1) is 0 Å². The zero-order valence-corrected chi connectivity index (χ0v) is 12.8. The van der Waals surface area contributed by atoms with Crippen LogP contribution in [0.5, 0.6) is 5.75 Å². The molecule has 1 nitrogen and oxygen atoms in total. The number of hydrogen-bond acceptors (Lipinski definition) is 2. The molecule has 18 heavy (non-hydrogen) atoms. The second-order valence-corrected chi connectivity index (χ2v) is 5.76. The summed E-state index contributed by atoms with van der Waals surface area (Å²) in [5, 5.41) is 0. The molecule has 0 saturated heterocycles. The highest BCUT2D eigenvalue weighted by Crippen LogP contribution is 2.32. The van der Waals surface area contributed by atoms with Crippen LogP contribution in [0.3, 0.4) is 0 Å². The molecule has 0 radical (unpaired) electrons. The molecule has 0 spiro atoms. The fraction of sp³-hybridized carbons (Fsp3) is 0.500. The minimum Gasteiger partial charge on any atom is -0.489 e. The molecule has 0 saturated carbocycles. The fourth-order valence-electron chi connectivity index (χ4n) is 1.79. The SMILES string of the molecule is CCc1ccc(OCC=CCS)c(C(C)(C)C)c1. The van der Waals surface area contributed by atoms with Crippen LogP contribution in [-0.4, -0.2) is 12.4 Å². The summed E-state index contributed by atoms with van der Waals surface area (Å²) in [4.78, 5) is 0. The van der Waals surface area contributed by atoms with Crippen molar-refractivity contribution in [3.05, 3.63) is 41.5 Å². The molecule has 1 rings (SSSR count). The Morgan fingerprint density at radius 3 is 2.50 bits per heavy atom. The van der Waals surface area contributed by atoms with E-state index in [1.54, 1.807) is 0 Å². The van der Waals surface area contributed by atoms with Gasteiger partial charge in [-0.25, -0.2) is 0 Å². The molecule has 0 aromatic heterocycles. The molecule has 0 N–H and O–H groups in total. The maximum atomic E-state index is 5.84. The van der Waals surface area contributed by atoms with Gasteiger partial charge in [-0.2, -0.15) is 12.6 Å². The van der Waals surface area contributed by atoms with E-state index in [0.717, 1.165) is 17.9 Å². The molecule has 0 fully saturated rings. The summed E-state index contributed by atoms with van der Waals surface area (Å²) in [5.41, 5.74) is 2.74. The van der Waals surface area contributed by atoms with Crippen molar-refractivity contribution in [2.45, 2.75) is 39.5 Å². The van der Waals surface area contributed by atoms with E-state index in [4.69, 9.17) is 4.74 Å². The molecule has 1 aromatic carbocycles. The Bertz CT molecular complexity index is 402. The van der Waals surface area contributed by atoms with Gasteiger partial charge in [-0.15, -0.1) is 0 Å². The largest absolute Gasteiger partial charge is 0.489 e. The van der Waals surface area contributed by atoms with Gasteiger partial charge in [0.1, 0.15) is 12.4 Å². The molecule has 2 heteroatoms. The number of ether oxygens (including phenoxy) is 1. The molecule has 0 aliphatic rings. The summed E-state index contributed by atoms with van der Waals surface area (Å²) in [6.45, 7) is 9.45. The molecule has 1 aromatic rings. The van der Waals surface area contributed by atoms with Crippen LogP contribution in [0.4, 0.5) is 0 Å². The van der Waals surface area contributed by atoms with E-state index in [0.29, 0.717) is 6.61 Å². The molecule has 0 amide bonds. The molecule has 0 unspecified atom stereocenters. The zero-order chi connectivity index (χ0) is 13.6. The summed E-state index contributed by atoms with van der Waals surface area (Å²) in [6, 6.07) is 6.50. The summed E-state index contributed by atoms with van der Waals surface area (Å²) in [5.74, 6) is 1.74. The first kappa shape index (κ1) is 15.2. The monoisotopic (exact) mass is 264 g/mol. The Labute approximate surface area is 117 Å². The predicted octanol–water partition coefficient (Wildman–Crippen LogP) is 4.41. The maximum Gasteiger partial charge on any atom is 0.123 e. The maximum absolute atomic E-state index is 5.84. The fourth-order valence-corrected chi connectivity index (χ4v) is 1.94. The summed E-state index contributed by atoms with van der Waals surface area (Å²) >= 11 is 4.13. The lowest BCUT2D eigenvalue weighted by Gasteiger charge is -2.23. The highest BCUT2D eigenvalue weighted by atomic mass is 32.1. The van der Waals surface area contributed by atoms with Crippen molar-refractivity contribution < 1.29 is 4.74 Å². The minimum absolute atomic E-state index is 0.105. The van der Waals surface area contributed by atoms with E-state index in [9.17, 15) is 0 Å². The van der Waals surface area contributed by atoms with Crippen LogP contribution >= 0.6 is 12.6 Å². The van der Waals surface area contributed by atoms with Crippen molar-refractivity contribution in [1.29, 1.82) is 0 Å². The van der Waals surface area contributed by atoms with E-state index >= 15 is 0 Å². The number of hydrogen-bond donors (Lipinski definition) is 1. The van der Waals surface area contributed by atoms with Crippen molar-refractivity contribution in [3.8, 4) is 5.75 Å². The average molecular weight is 264 g/mol. The van der Waals surface area contributed by atoms with Gasteiger partial charge in [0.25, 0.3) is 0 Å². The Hall–Kier alpha value is -0.890. The number of rotatable bonds is 5. The highest BCUT2D eigenvalue weighted by molar-refractivity contribution is 7.80. The molecular formula is C16H24OS. The quantitative estimate of drug-likeness (QED) is 0.612. The summed E-state index contributed by atoms with van der Waals surface area (Å²) in [6.07, 6.45) is 5.07. The molecule has 0 bridgehead atoms. The van der Waals surface area contributed by atoms with Crippen LogP contribution in [0.15, 0.2) is 30.4 Å². The van der Waals surface area contributed by atoms with Gasteiger partial charge in [0.2, 0.25) is 0 Å². The molecule has 0 aliphatic heterocycles. The van der Waals surface area contributed by atoms with Gasteiger partial charge < -0.3 is 4.74 Å². The van der Waals surface area contributed by atoms with Gasteiger partial charge in [-0.1, -0.05) is 52.0 Å². The van der Waals surface area contributed by atoms with E-state index in [2.05, 4.69) is 58.5 Å². The normalized spacial score (nSPS) is 12.1. The van der Waals surface area contributed by atoms with Crippen LogP contribution in [0.2, 0.25) is 0 Å². The number of thiol groups is 1. The lowest BCUT2D eigenvalue weighted by molar-refractivity contribution is 0.350. The molecule has 100 valence electrons. The summed E-state index contributed by atoms with van der Waals surface area (Å²) < 4.78 is 5.84. The zero-order valence-electron chi connectivity index (χ0n) is 11.9. The molecule has 0 heterocycles. The molecular weight excluding hydrogens is 240 g/mol. The predicted molar refractivity (Wildman–Crippen MR) is 83.0 cm³/mol. The minimum atomic E-state index is 0.105. The topological polar surface area (TPSA) is 9.23 Å². The lowest BCUT2D eigenvalue weighted by atomic mass is 9.85. The number of aryl methyl sites for hydroxylation is 1. The first-order chi connectivity index (χ1) is 8.49. The average Bonchev–Trinajstić information content (AvgIpc) is 2.33. The van der Waals surface area contributed by atoms with Crippen LogP contribution in [-0.2, 0) is 11.8 Å². The first-order valence-corrected chi connectivity index (χ1v) is 7.14. The summed E-state index contributed by atoms with van der Waals surface area (Å²) in [7, 11) is 0. The van der Waals surface area contributed by atoms with Crippen LogP contribution in [0, 0.1) is 0 Å². The second-order valence-electron chi connectivity index (χ2n) is 5.40. The van der Waals surface area contributed by atoms with Crippen molar-refractivity contribution in [2.24, 2.45) is 0 Å². The van der Waals surface area contributed by atoms with Gasteiger partial charge in [0.15, 0.2) is 0 Å². The van der Waals surface area contributed by atoms with Gasteiger partial charge in [-0.3, -0.25) is 0 Å². The number of benzene rings is 1. The Morgan fingerprint density at radius 2 is 1.94 bits per heavy atom. The van der Waals surface area contributed by atoms with E-state index in [1.807, 2.05) is 12.2 Å². The van der Waals surface area contributed by atoms with Crippen molar-refractivity contribution in [1.82, 2.24) is 0 Å². The lowest BCUT2D eigenvalue weighted by Crippen LogP contribution is -2.14. The van der Waals surface area contributed by atoms with Crippen molar-refractivity contribution >= 4 is 12.6 Å². The molecule has 0 atom stereocenters. The van der Waals surface area contributed by atoms with Crippen LogP contribution in [0.25, 0.3) is 0 Å². The van der Waals surface area contributed by atoms with E-state index < -0.39 is 0 Å². The Balaban J connectivity index is 2.92. The van der Waals surface area contributed by atoms with Crippen LogP contribution < -0.4 is 4.74 Å². The Morgan fingerprint density at radius 1 is 1.22 bits per heavy atom. The third-order valence-corrected chi connectivity index (χ3v) is 3.08. The standard InChI is InChI=1S/C16H24OS/c1-5-13-8-9-15(17-10-6-7-11-18)14(12-13)16(2,3)4/h6-9,12,18H,5,10-11H2,1-4H3.